The summed E-state index contributed by atoms with van der Waals surface area (Å²) in [5, 5.41) is 9.30. The molecule has 1 aliphatic heterocycles. The molecule has 0 aliphatic carbocycles. The van der Waals surface area contributed by atoms with Crippen LogP contribution in [-0.4, -0.2) is 60.1 Å². The monoisotopic (exact) mass is 291 g/mol. The van der Waals surface area contributed by atoms with E-state index in [0.29, 0.717) is 17.8 Å². The molecule has 1 heterocycles. The zero-order valence-corrected chi connectivity index (χ0v) is 12.9. The largest absolute Gasteiger partial charge is 0.398 e. The van der Waals surface area contributed by atoms with E-state index in [9.17, 15) is 9.90 Å². The lowest BCUT2D eigenvalue weighted by Gasteiger charge is -2.37. The highest BCUT2D eigenvalue weighted by atomic mass is 16.3. The van der Waals surface area contributed by atoms with Gasteiger partial charge in [-0.2, -0.15) is 0 Å². The SMILES string of the molecule is Cc1cccc(C(=O)N(CCO)C2CCN(C)CC2)c1N. The van der Waals surface area contributed by atoms with E-state index in [4.69, 9.17) is 5.73 Å². The predicted octanol–water partition coefficient (Wildman–Crippen LogP) is 1.11. The van der Waals surface area contributed by atoms with Crippen molar-refractivity contribution in [1.82, 2.24) is 9.80 Å². The number of carbonyl (C=O) groups is 1. The van der Waals surface area contributed by atoms with Gasteiger partial charge in [0.2, 0.25) is 0 Å². The molecule has 0 bridgehead atoms. The molecule has 1 aliphatic rings. The van der Waals surface area contributed by atoms with Crippen molar-refractivity contribution in [3.63, 3.8) is 0 Å². The Bertz CT molecular complexity index is 496. The number of anilines is 1. The number of likely N-dealkylation sites (tertiary alicyclic amines) is 1. The third-order valence-corrected chi connectivity index (χ3v) is 4.29. The molecule has 0 unspecified atom stereocenters. The van der Waals surface area contributed by atoms with Gasteiger partial charge < -0.3 is 20.6 Å². The van der Waals surface area contributed by atoms with E-state index in [1.807, 2.05) is 19.1 Å². The minimum Gasteiger partial charge on any atom is -0.398 e. The number of aliphatic hydroxyl groups excluding tert-OH is 1. The third-order valence-electron chi connectivity index (χ3n) is 4.29. The molecule has 2 rings (SSSR count). The average molecular weight is 291 g/mol. The summed E-state index contributed by atoms with van der Waals surface area (Å²) in [6.07, 6.45) is 1.88. The number of aliphatic hydroxyl groups is 1. The molecular formula is C16H25N3O2. The first-order valence-corrected chi connectivity index (χ1v) is 7.50. The molecule has 116 valence electrons. The molecule has 1 aromatic carbocycles. The molecule has 5 heteroatoms. The summed E-state index contributed by atoms with van der Waals surface area (Å²) in [4.78, 5) is 16.9. The number of nitrogens with zero attached hydrogens (tertiary/aromatic N) is 2. The van der Waals surface area contributed by atoms with Crippen LogP contribution in [0, 0.1) is 6.92 Å². The quantitative estimate of drug-likeness (QED) is 0.815. The first-order valence-electron chi connectivity index (χ1n) is 7.50. The summed E-state index contributed by atoms with van der Waals surface area (Å²) in [5.41, 5.74) is 8.05. The smallest absolute Gasteiger partial charge is 0.256 e. The number of benzene rings is 1. The number of aryl methyl sites for hydroxylation is 1. The zero-order valence-electron chi connectivity index (χ0n) is 12.9. The Morgan fingerprint density at radius 3 is 2.71 bits per heavy atom. The fraction of sp³-hybridized carbons (Fsp3) is 0.562. The normalized spacial score (nSPS) is 16.9. The summed E-state index contributed by atoms with van der Waals surface area (Å²) < 4.78 is 0. The summed E-state index contributed by atoms with van der Waals surface area (Å²) in [6.45, 7) is 4.19. The van der Waals surface area contributed by atoms with Crippen LogP contribution in [-0.2, 0) is 0 Å². The maximum absolute atomic E-state index is 12.8. The van der Waals surface area contributed by atoms with Crippen molar-refractivity contribution in [2.24, 2.45) is 0 Å². The van der Waals surface area contributed by atoms with E-state index >= 15 is 0 Å². The number of nitrogen functional groups attached to an aromatic ring is 1. The van der Waals surface area contributed by atoms with Gasteiger partial charge in [0.1, 0.15) is 0 Å². The van der Waals surface area contributed by atoms with Crippen molar-refractivity contribution < 1.29 is 9.90 Å². The highest BCUT2D eigenvalue weighted by Crippen LogP contribution is 2.22. The van der Waals surface area contributed by atoms with Crippen LogP contribution in [0.25, 0.3) is 0 Å². The molecule has 0 atom stereocenters. The Morgan fingerprint density at radius 1 is 1.43 bits per heavy atom. The molecule has 1 aromatic rings. The van der Waals surface area contributed by atoms with E-state index in [2.05, 4.69) is 11.9 Å². The van der Waals surface area contributed by atoms with Crippen LogP contribution in [0.3, 0.4) is 0 Å². The van der Waals surface area contributed by atoms with Gasteiger partial charge in [0, 0.05) is 18.3 Å². The van der Waals surface area contributed by atoms with Gasteiger partial charge in [-0.25, -0.2) is 0 Å². The van der Waals surface area contributed by atoms with Gasteiger partial charge in [0.25, 0.3) is 5.91 Å². The summed E-state index contributed by atoms with van der Waals surface area (Å²) >= 11 is 0. The van der Waals surface area contributed by atoms with Crippen LogP contribution in [0.15, 0.2) is 18.2 Å². The topological polar surface area (TPSA) is 69.8 Å². The van der Waals surface area contributed by atoms with Crippen molar-refractivity contribution in [3.05, 3.63) is 29.3 Å². The summed E-state index contributed by atoms with van der Waals surface area (Å²) in [7, 11) is 2.09. The molecule has 0 spiro atoms. The van der Waals surface area contributed by atoms with E-state index in [1.165, 1.54) is 0 Å². The fourth-order valence-electron chi connectivity index (χ4n) is 2.89. The van der Waals surface area contributed by atoms with Crippen LogP contribution in [0.1, 0.15) is 28.8 Å². The van der Waals surface area contributed by atoms with Crippen molar-refractivity contribution in [2.45, 2.75) is 25.8 Å². The number of hydrogen-bond acceptors (Lipinski definition) is 4. The molecule has 3 N–H and O–H groups in total. The Hall–Kier alpha value is -1.59. The number of para-hydroxylation sites is 1. The Morgan fingerprint density at radius 2 is 2.10 bits per heavy atom. The predicted molar refractivity (Wildman–Crippen MR) is 84.2 cm³/mol. The molecule has 1 amide bonds. The van der Waals surface area contributed by atoms with E-state index in [-0.39, 0.29) is 18.6 Å². The highest BCUT2D eigenvalue weighted by molar-refractivity contribution is 5.99. The Labute approximate surface area is 126 Å². The summed E-state index contributed by atoms with van der Waals surface area (Å²) in [5.74, 6) is -0.0696. The van der Waals surface area contributed by atoms with Crippen LogP contribution < -0.4 is 5.73 Å². The minimum absolute atomic E-state index is 0.0240. The first kappa shape index (κ1) is 15.8. The first-order chi connectivity index (χ1) is 10.0. The van der Waals surface area contributed by atoms with Gasteiger partial charge in [0.05, 0.1) is 12.2 Å². The lowest BCUT2D eigenvalue weighted by atomic mass is 10.0. The van der Waals surface area contributed by atoms with Gasteiger partial charge in [-0.15, -0.1) is 0 Å². The van der Waals surface area contributed by atoms with Crippen molar-refractivity contribution in [2.75, 3.05) is 39.0 Å². The van der Waals surface area contributed by atoms with Crippen molar-refractivity contribution >= 4 is 11.6 Å². The number of nitrogens with two attached hydrogens (primary N) is 1. The zero-order chi connectivity index (χ0) is 15.4. The number of rotatable bonds is 4. The molecule has 0 saturated carbocycles. The maximum Gasteiger partial charge on any atom is 0.256 e. The maximum atomic E-state index is 12.8. The number of piperidine rings is 1. The lowest BCUT2D eigenvalue weighted by Crippen LogP contribution is -2.47. The Kier molecular flexibility index (Phi) is 5.20. The minimum atomic E-state index is -0.0696. The van der Waals surface area contributed by atoms with Crippen molar-refractivity contribution in [3.8, 4) is 0 Å². The van der Waals surface area contributed by atoms with Gasteiger partial charge in [0.15, 0.2) is 0 Å². The second kappa shape index (κ2) is 6.91. The van der Waals surface area contributed by atoms with Gasteiger partial charge >= 0.3 is 0 Å². The fourth-order valence-corrected chi connectivity index (χ4v) is 2.89. The van der Waals surface area contributed by atoms with Crippen molar-refractivity contribution in [1.29, 1.82) is 0 Å². The molecule has 21 heavy (non-hydrogen) atoms. The van der Waals surface area contributed by atoms with E-state index < -0.39 is 0 Å². The molecule has 0 aromatic heterocycles. The van der Waals surface area contributed by atoms with E-state index in [0.717, 1.165) is 31.5 Å². The lowest BCUT2D eigenvalue weighted by molar-refractivity contribution is 0.0541. The second-order valence-corrected chi connectivity index (χ2v) is 5.79. The van der Waals surface area contributed by atoms with Crippen LogP contribution in [0.5, 0.6) is 0 Å². The molecule has 0 radical (unpaired) electrons. The third kappa shape index (κ3) is 3.54. The number of amides is 1. The van der Waals surface area contributed by atoms with Crippen LogP contribution in [0.4, 0.5) is 5.69 Å². The summed E-state index contributed by atoms with van der Waals surface area (Å²) in [6, 6.07) is 5.70. The molecular weight excluding hydrogens is 266 g/mol. The Balaban J connectivity index is 2.21. The number of hydrogen-bond donors (Lipinski definition) is 2. The van der Waals surface area contributed by atoms with Gasteiger partial charge in [-0.3, -0.25) is 4.79 Å². The molecule has 1 fully saturated rings. The number of carbonyl (C=O) groups excluding carboxylic acids is 1. The van der Waals surface area contributed by atoms with E-state index in [1.54, 1.807) is 11.0 Å². The van der Waals surface area contributed by atoms with Gasteiger partial charge in [-0.05, 0) is 51.5 Å². The molecule has 1 saturated heterocycles. The standard InChI is InChI=1S/C16H25N3O2/c1-12-4-3-5-14(15(12)17)16(21)19(10-11-20)13-6-8-18(2)9-7-13/h3-5,13,20H,6-11,17H2,1-2H3. The molecule has 5 nitrogen and oxygen atoms in total. The van der Waals surface area contributed by atoms with Gasteiger partial charge in [-0.1, -0.05) is 12.1 Å². The van der Waals surface area contributed by atoms with Crippen LogP contribution >= 0.6 is 0 Å². The second-order valence-electron chi connectivity index (χ2n) is 5.79. The van der Waals surface area contributed by atoms with Crippen LogP contribution in [0.2, 0.25) is 0 Å². The average Bonchev–Trinajstić information content (AvgIpc) is 2.48. The highest BCUT2D eigenvalue weighted by Gasteiger charge is 2.28.